The molecule has 0 aliphatic heterocycles. The Hall–Kier alpha value is -0.743. The van der Waals surface area contributed by atoms with Gasteiger partial charge in [-0.15, -0.1) is 0 Å². The van der Waals surface area contributed by atoms with E-state index in [9.17, 15) is 8.78 Å². The first-order valence-corrected chi connectivity index (χ1v) is 11.1. The van der Waals surface area contributed by atoms with E-state index in [1.54, 1.807) is 24.3 Å². The van der Waals surface area contributed by atoms with Crippen molar-refractivity contribution in [2.75, 3.05) is 0 Å². The Balaban J connectivity index is 3.56. The molecular formula is C19H27BrF2Si. The van der Waals surface area contributed by atoms with Crippen molar-refractivity contribution in [3.8, 4) is 0 Å². The molecule has 23 heavy (non-hydrogen) atoms. The van der Waals surface area contributed by atoms with Gasteiger partial charge >= 0.3 is 0 Å². The quantitative estimate of drug-likeness (QED) is 0.337. The summed E-state index contributed by atoms with van der Waals surface area (Å²) in [6.45, 7) is 17.2. The molecule has 1 rings (SSSR count). The van der Waals surface area contributed by atoms with Crippen LogP contribution in [0.5, 0.6) is 0 Å². The predicted octanol–water partition coefficient (Wildman–Crippen LogP) is 7.83. The molecule has 0 saturated carbocycles. The van der Waals surface area contributed by atoms with E-state index < -0.39 is 14.2 Å². The Morgan fingerprint density at radius 2 is 1.30 bits per heavy atom. The average molecular weight is 401 g/mol. The maximum absolute atomic E-state index is 13.9. The average Bonchev–Trinajstić information content (AvgIpc) is 2.40. The molecule has 0 N–H and O–H groups in total. The fraction of sp³-hybridized carbons (Fsp3) is 0.474. The molecule has 128 valence electrons. The van der Waals surface area contributed by atoms with Crippen LogP contribution in [0.25, 0.3) is 5.57 Å². The second kappa shape index (κ2) is 7.89. The van der Waals surface area contributed by atoms with Crippen LogP contribution in [0.2, 0.25) is 16.6 Å². The van der Waals surface area contributed by atoms with Crippen LogP contribution in [0.4, 0.5) is 8.78 Å². The molecule has 0 fully saturated rings. The Morgan fingerprint density at radius 1 is 0.913 bits per heavy atom. The van der Waals surface area contributed by atoms with Gasteiger partial charge in [0, 0.05) is 10.0 Å². The molecule has 1 aromatic rings. The zero-order valence-electron chi connectivity index (χ0n) is 14.9. The Labute approximate surface area is 148 Å². The normalized spacial score (nSPS) is 12.2. The number of hydrogen-bond donors (Lipinski definition) is 0. The maximum Gasteiger partial charge on any atom is 0.277 e. The van der Waals surface area contributed by atoms with Crippen LogP contribution >= 0.6 is 15.9 Å². The van der Waals surface area contributed by atoms with Crippen molar-refractivity contribution in [1.29, 1.82) is 0 Å². The summed E-state index contributed by atoms with van der Waals surface area (Å²) in [6, 6.07) is 7.08. The summed E-state index contributed by atoms with van der Waals surface area (Å²) in [5.41, 5.74) is 1.65. The molecular weight excluding hydrogens is 374 g/mol. The fourth-order valence-corrected chi connectivity index (χ4v) is 11.3. The molecule has 0 nitrogen and oxygen atoms in total. The topological polar surface area (TPSA) is 0 Å². The fourth-order valence-electron chi connectivity index (χ4n) is 4.28. The Morgan fingerprint density at radius 3 is 1.61 bits per heavy atom. The van der Waals surface area contributed by atoms with Gasteiger partial charge in [0.25, 0.3) is 6.08 Å². The van der Waals surface area contributed by atoms with Gasteiger partial charge in [0.2, 0.25) is 0 Å². The van der Waals surface area contributed by atoms with Crippen LogP contribution < -0.4 is 0 Å². The Bertz CT molecular complexity index is 560. The lowest BCUT2D eigenvalue weighted by Crippen LogP contribution is -2.47. The minimum atomic E-state index is -2.20. The summed E-state index contributed by atoms with van der Waals surface area (Å²) >= 11 is 3.36. The second-order valence-electron chi connectivity index (χ2n) is 7.02. The zero-order valence-corrected chi connectivity index (χ0v) is 17.5. The van der Waals surface area contributed by atoms with E-state index >= 15 is 0 Å². The van der Waals surface area contributed by atoms with Crippen molar-refractivity contribution >= 4 is 29.6 Å². The van der Waals surface area contributed by atoms with E-state index in [0.717, 1.165) is 4.47 Å². The first-order valence-electron chi connectivity index (χ1n) is 8.07. The highest BCUT2D eigenvalue weighted by Crippen LogP contribution is 2.50. The lowest BCUT2D eigenvalue weighted by molar-refractivity contribution is 0.426. The summed E-state index contributed by atoms with van der Waals surface area (Å²) in [5.74, 6) is 0. The van der Waals surface area contributed by atoms with Crippen LogP contribution in [-0.4, -0.2) is 8.07 Å². The molecule has 4 heteroatoms. The number of hydrogen-bond acceptors (Lipinski definition) is 0. The molecule has 0 aromatic heterocycles. The third-order valence-electron chi connectivity index (χ3n) is 5.01. The van der Waals surface area contributed by atoms with E-state index in [1.807, 2.05) is 0 Å². The highest BCUT2D eigenvalue weighted by Gasteiger charge is 2.46. The number of benzene rings is 1. The predicted molar refractivity (Wildman–Crippen MR) is 103 cm³/mol. The largest absolute Gasteiger partial charge is 0.277 e. The van der Waals surface area contributed by atoms with Gasteiger partial charge in [-0.3, -0.25) is 0 Å². The summed E-state index contributed by atoms with van der Waals surface area (Å²) in [6.07, 6.45) is -1.63. The molecule has 0 spiro atoms. The number of halogens is 3. The monoisotopic (exact) mass is 400 g/mol. The van der Waals surface area contributed by atoms with E-state index in [1.165, 1.54) is 0 Å². The van der Waals surface area contributed by atoms with Gasteiger partial charge < -0.3 is 0 Å². The van der Waals surface area contributed by atoms with Crippen molar-refractivity contribution in [3.05, 3.63) is 52.2 Å². The number of allylic oxidation sites excluding steroid dienone is 2. The zero-order chi connectivity index (χ0) is 17.9. The smallest absolute Gasteiger partial charge is 0.173 e. The van der Waals surface area contributed by atoms with Crippen molar-refractivity contribution in [2.24, 2.45) is 0 Å². The summed E-state index contributed by atoms with van der Waals surface area (Å²) in [4.78, 5) is 0. The van der Waals surface area contributed by atoms with Crippen molar-refractivity contribution < 1.29 is 8.78 Å². The van der Waals surface area contributed by atoms with E-state index in [4.69, 9.17) is 0 Å². The van der Waals surface area contributed by atoms with Crippen LogP contribution in [0.15, 0.2) is 46.6 Å². The molecule has 0 heterocycles. The molecule has 0 atom stereocenters. The van der Waals surface area contributed by atoms with E-state index in [-0.39, 0.29) is 5.57 Å². The van der Waals surface area contributed by atoms with Gasteiger partial charge in [-0.1, -0.05) is 81.4 Å². The number of rotatable bonds is 6. The maximum atomic E-state index is 13.9. The third kappa shape index (κ3) is 3.85. The van der Waals surface area contributed by atoms with Crippen LogP contribution in [0.1, 0.15) is 47.1 Å². The minimum Gasteiger partial charge on any atom is -0.173 e. The highest BCUT2D eigenvalue weighted by molar-refractivity contribution is 9.10. The third-order valence-corrected chi connectivity index (χ3v) is 12.6. The van der Waals surface area contributed by atoms with Gasteiger partial charge in [-0.2, -0.15) is 8.78 Å². The Kier molecular flexibility index (Phi) is 6.96. The summed E-state index contributed by atoms with van der Waals surface area (Å²) < 4.78 is 28.7. The molecule has 0 radical (unpaired) electrons. The first-order chi connectivity index (χ1) is 10.6. The molecule has 1 aromatic carbocycles. The summed E-state index contributed by atoms with van der Waals surface area (Å²) in [7, 11) is -2.20. The van der Waals surface area contributed by atoms with E-state index in [2.05, 4.69) is 64.1 Å². The van der Waals surface area contributed by atoms with Crippen LogP contribution in [0.3, 0.4) is 0 Å². The molecule has 0 aliphatic rings. The van der Waals surface area contributed by atoms with Gasteiger partial charge in [-0.25, -0.2) is 0 Å². The van der Waals surface area contributed by atoms with Crippen molar-refractivity contribution in [2.45, 2.75) is 58.2 Å². The van der Waals surface area contributed by atoms with Gasteiger partial charge in [0.05, 0.1) is 8.07 Å². The summed E-state index contributed by atoms with van der Waals surface area (Å²) in [5, 5.41) is 0.680. The van der Waals surface area contributed by atoms with Gasteiger partial charge in [0.15, 0.2) is 0 Å². The van der Waals surface area contributed by atoms with Crippen LogP contribution in [-0.2, 0) is 0 Å². The van der Waals surface area contributed by atoms with Crippen LogP contribution in [0, 0.1) is 0 Å². The van der Waals surface area contributed by atoms with Gasteiger partial charge in [0.1, 0.15) is 0 Å². The van der Waals surface area contributed by atoms with Crippen molar-refractivity contribution in [1.82, 2.24) is 0 Å². The second-order valence-corrected chi connectivity index (χ2v) is 13.9. The lowest BCUT2D eigenvalue weighted by atomic mass is 10.1. The standard InChI is InChI=1S/C19H27BrF2Si/c1-12(2)23(13(3)4,14(5)6)15(7)18(19(21)22)16-8-10-17(20)11-9-16/h8-14H,7H2,1-6H3. The first kappa shape index (κ1) is 20.3. The molecule has 0 bridgehead atoms. The highest BCUT2D eigenvalue weighted by atomic mass is 79.9. The SMILES string of the molecule is C=C(C(=C(F)F)c1ccc(Br)cc1)[Si](C(C)C)(C(C)C)C(C)C. The molecule has 0 saturated heterocycles. The lowest BCUT2D eigenvalue weighted by Gasteiger charge is -2.45. The minimum absolute atomic E-state index is 0.0558. The van der Waals surface area contributed by atoms with Gasteiger partial charge in [-0.05, 0) is 34.3 Å². The van der Waals surface area contributed by atoms with Crippen molar-refractivity contribution in [3.63, 3.8) is 0 Å². The molecule has 0 aliphatic carbocycles. The molecule has 0 unspecified atom stereocenters. The van der Waals surface area contributed by atoms with E-state index in [0.29, 0.717) is 27.4 Å². The molecule has 0 amide bonds.